The van der Waals surface area contributed by atoms with Crippen LogP contribution in [0.1, 0.15) is 82.3 Å². The van der Waals surface area contributed by atoms with Gasteiger partial charge in [0.25, 0.3) is 0 Å². The Labute approximate surface area is 246 Å². The van der Waals surface area contributed by atoms with E-state index in [0.29, 0.717) is 18.0 Å². The summed E-state index contributed by atoms with van der Waals surface area (Å²) in [6.07, 6.45) is 18.6. The molecular weight excluding hydrogens is 516 g/mol. The molecule has 1 saturated carbocycles. The fourth-order valence-electron chi connectivity index (χ4n) is 6.08. The Morgan fingerprint density at radius 3 is 2.77 bits per heavy atom. The highest BCUT2D eigenvalue weighted by Gasteiger charge is 2.27. The number of aliphatic imine (C=N–C) groups is 1. The molecule has 1 amide bonds. The van der Waals surface area contributed by atoms with Gasteiger partial charge in [-0.25, -0.2) is 0 Å². The molecule has 0 radical (unpaired) electrons. The number of halogens is 1. The van der Waals surface area contributed by atoms with Crippen LogP contribution in [0.15, 0.2) is 70.9 Å². The molecule has 5 nitrogen and oxygen atoms in total. The Bertz CT molecular complexity index is 1140. The summed E-state index contributed by atoms with van der Waals surface area (Å²) >= 11 is 6.96. The zero-order valence-corrected chi connectivity index (χ0v) is 25.2. The number of unbranched alkanes of at least 4 members (excludes halogenated alkanes) is 1. The summed E-state index contributed by atoms with van der Waals surface area (Å²) in [5.41, 5.74) is 4.86. The van der Waals surface area contributed by atoms with E-state index < -0.39 is 0 Å². The summed E-state index contributed by atoms with van der Waals surface area (Å²) < 4.78 is 0. The first-order chi connectivity index (χ1) is 19.5. The maximum Gasteiger partial charge on any atom is 0.245 e. The van der Waals surface area contributed by atoms with E-state index in [0.717, 1.165) is 93.9 Å². The van der Waals surface area contributed by atoms with Crippen LogP contribution in [0.5, 0.6) is 0 Å². The molecule has 0 unspecified atom stereocenters. The molecule has 1 aliphatic carbocycles. The summed E-state index contributed by atoms with van der Waals surface area (Å²) in [6.45, 7) is 10.7. The standard InChI is InChI=1S/C34H47ClN4O/c1-4-6-12-30(29-13-8-7-11-25(29)3)31-14-9-10-15-33(37-24-32(31)35)38-28-17-16-27(22-28)36-23-26-18-20-39(21-19-26)34(40)5-2/h5,7-8,11-14,24,26-28,36H,2,4,6,9-10,15-23H2,1,3H3,(H,37,38)/b30-12+,31-14-,32-24+/t27-,28+/m0/s1. The van der Waals surface area contributed by atoms with E-state index in [9.17, 15) is 4.79 Å². The van der Waals surface area contributed by atoms with E-state index in [2.05, 4.69) is 67.5 Å². The van der Waals surface area contributed by atoms with Gasteiger partial charge in [-0.15, -0.1) is 0 Å². The third-order valence-corrected chi connectivity index (χ3v) is 8.80. The Morgan fingerprint density at radius 2 is 2.02 bits per heavy atom. The Balaban J connectivity index is 1.33. The molecule has 0 spiro atoms. The number of allylic oxidation sites excluding steroid dienone is 5. The number of piperidine rings is 1. The van der Waals surface area contributed by atoms with Crippen molar-refractivity contribution in [3.63, 3.8) is 0 Å². The van der Waals surface area contributed by atoms with E-state index in [1.807, 2.05) is 11.1 Å². The lowest BCUT2D eigenvalue weighted by molar-refractivity contribution is -0.127. The third-order valence-electron chi connectivity index (χ3n) is 8.49. The van der Waals surface area contributed by atoms with Gasteiger partial charge < -0.3 is 15.5 Å². The van der Waals surface area contributed by atoms with Crippen molar-refractivity contribution in [2.45, 2.75) is 90.1 Å². The number of carbonyl (C=O) groups excluding carboxylic acids is 1. The van der Waals surface area contributed by atoms with Gasteiger partial charge >= 0.3 is 0 Å². The maximum atomic E-state index is 11.8. The Kier molecular flexibility index (Phi) is 11.7. The van der Waals surface area contributed by atoms with Crippen molar-refractivity contribution < 1.29 is 4.79 Å². The van der Waals surface area contributed by atoms with Gasteiger partial charge in [-0.3, -0.25) is 9.79 Å². The minimum Gasteiger partial charge on any atom is -0.349 e. The normalized spacial score (nSPS) is 26.6. The molecule has 2 atom stereocenters. The highest BCUT2D eigenvalue weighted by Crippen LogP contribution is 2.34. The number of nitrogens with one attached hydrogen (secondary N) is 2. The number of nitrogens with zero attached hydrogens (tertiary/aromatic N) is 2. The maximum absolute atomic E-state index is 11.8. The third kappa shape index (κ3) is 8.44. The van der Waals surface area contributed by atoms with Crippen molar-refractivity contribution in [1.82, 2.24) is 15.5 Å². The number of benzene rings is 1. The van der Waals surface area contributed by atoms with E-state index in [1.54, 1.807) is 0 Å². The fourth-order valence-corrected chi connectivity index (χ4v) is 6.31. The number of amides is 1. The zero-order valence-electron chi connectivity index (χ0n) is 24.4. The Hall–Kier alpha value is -2.63. The summed E-state index contributed by atoms with van der Waals surface area (Å²) in [4.78, 5) is 18.9. The first kappa shape index (κ1) is 30.3. The van der Waals surface area contributed by atoms with Crippen LogP contribution in [-0.4, -0.2) is 48.4 Å². The van der Waals surface area contributed by atoms with Crippen LogP contribution in [0.25, 0.3) is 5.57 Å². The van der Waals surface area contributed by atoms with Crippen molar-refractivity contribution >= 4 is 28.9 Å². The van der Waals surface area contributed by atoms with Crippen LogP contribution in [0, 0.1) is 12.8 Å². The summed E-state index contributed by atoms with van der Waals surface area (Å²) in [5.74, 6) is 1.75. The highest BCUT2D eigenvalue weighted by atomic mass is 35.5. The van der Waals surface area contributed by atoms with Crippen LogP contribution < -0.4 is 10.6 Å². The number of hydrogen-bond acceptors (Lipinski definition) is 3. The molecule has 0 bridgehead atoms. The monoisotopic (exact) mass is 562 g/mol. The molecular formula is C34H47ClN4O. The van der Waals surface area contributed by atoms with E-state index in [-0.39, 0.29) is 5.91 Å². The topological polar surface area (TPSA) is 56.7 Å². The highest BCUT2D eigenvalue weighted by molar-refractivity contribution is 6.33. The second kappa shape index (κ2) is 15.4. The van der Waals surface area contributed by atoms with Crippen LogP contribution in [-0.2, 0) is 4.79 Å². The molecule has 40 heavy (non-hydrogen) atoms. The van der Waals surface area contributed by atoms with Gasteiger partial charge in [-0.2, -0.15) is 0 Å². The van der Waals surface area contributed by atoms with E-state index in [4.69, 9.17) is 16.6 Å². The molecule has 2 heterocycles. The van der Waals surface area contributed by atoms with Crippen molar-refractivity contribution in [3.8, 4) is 0 Å². The van der Waals surface area contributed by atoms with Gasteiger partial charge in [-0.1, -0.05) is 67.9 Å². The molecule has 6 heteroatoms. The fraction of sp³-hybridized carbons (Fsp3) is 0.529. The predicted octanol–water partition coefficient (Wildman–Crippen LogP) is 7.29. The molecule has 1 aromatic carbocycles. The van der Waals surface area contributed by atoms with Gasteiger partial charge in [0, 0.05) is 31.8 Å². The Morgan fingerprint density at radius 1 is 1.23 bits per heavy atom. The molecule has 2 aliphatic heterocycles. The molecule has 216 valence electrons. The predicted molar refractivity (Wildman–Crippen MR) is 169 cm³/mol. The second-order valence-corrected chi connectivity index (χ2v) is 11.9. The van der Waals surface area contributed by atoms with Gasteiger partial charge in [0.15, 0.2) is 0 Å². The molecule has 0 aromatic heterocycles. The quantitative estimate of drug-likeness (QED) is 0.311. The lowest BCUT2D eigenvalue weighted by Crippen LogP contribution is -2.41. The molecule has 2 fully saturated rings. The van der Waals surface area contributed by atoms with Crippen LogP contribution in [0.3, 0.4) is 0 Å². The largest absolute Gasteiger partial charge is 0.349 e. The van der Waals surface area contributed by atoms with E-state index >= 15 is 0 Å². The second-order valence-electron chi connectivity index (χ2n) is 11.5. The average Bonchev–Trinajstić information content (AvgIpc) is 3.45. The molecule has 2 N–H and O–H groups in total. The van der Waals surface area contributed by atoms with Gasteiger partial charge in [0.2, 0.25) is 5.91 Å². The van der Waals surface area contributed by atoms with Gasteiger partial charge in [0.05, 0.1) is 11.1 Å². The van der Waals surface area contributed by atoms with Gasteiger partial charge in [-0.05, 0) is 99.1 Å². The zero-order chi connectivity index (χ0) is 28.3. The molecule has 1 saturated heterocycles. The minimum atomic E-state index is 0.0607. The number of likely N-dealkylation sites (tertiary alicyclic amines) is 1. The molecule has 1 aromatic rings. The average molecular weight is 563 g/mol. The first-order valence-electron chi connectivity index (χ1n) is 15.3. The molecule has 4 rings (SSSR count). The minimum absolute atomic E-state index is 0.0607. The van der Waals surface area contributed by atoms with Gasteiger partial charge in [0.1, 0.15) is 5.84 Å². The van der Waals surface area contributed by atoms with Crippen molar-refractivity contribution in [2.75, 3.05) is 19.6 Å². The number of amidine groups is 1. The number of carbonyl (C=O) groups is 1. The summed E-state index contributed by atoms with van der Waals surface area (Å²) in [7, 11) is 0. The first-order valence-corrected chi connectivity index (χ1v) is 15.7. The van der Waals surface area contributed by atoms with Crippen molar-refractivity contribution in [3.05, 3.63) is 77.0 Å². The number of aryl methyl sites for hydroxylation is 1. The number of rotatable bonds is 9. The smallest absolute Gasteiger partial charge is 0.245 e. The lowest BCUT2D eigenvalue weighted by atomic mass is 9.92. The SMILES string of the molecule is C=CC(=O)N1CCC(CN[C@H]2CC[C@@H](N=C3CCC/C=C(C(=C/CCC)/c4ccccc4C)\C(Cl)=C/N3)C2)CC1. The van der Waals surface area contributed by atoms with Crippen LogP contribution in [0.2, 0.25) is 0 Å². The molecule has 3 aliphatic rings. The van der Waals surface area contributed by atoms with Crippen LogP contribution >= 0.6 is 11.6 Å². The lowest BCUT2D eigenvalue weighted by Gasteiger charge is -2.32. The summed E-state index contributed by atoms with van der Waals surface area (Å²) in [5, 5.41) is 8.04. The van der Waals surface area contributed by atoms with Crippen LogP contribution in [0.4, 0.5) is 0 Å². The van der Waals surface area contributed by atoms with Crippen molar-refractivity contribution in [2.24, 2.45) is 10.9 Å². The van der Waals surface area contributed by atoms with E-state index in [1.165, 1.54) is 29.2 Å². The summed E-state index contributed by atoms with van der Waals surface area (Å²) in [6, 6.07) is 9.44. The van der Waals surface area contributed by atoms with Crippen molar-refractivity contribution in [1.29, 1.82) is 0 Å². The number of hydrogen-bond donors (Lipinski definition) is 2.